The van der Waals surface area contributed by atoms with Gasteiger partial charge >= 0.3 is 6.18 Å². The molecule has 0 unspecified atom stereocenters. The van der Waals surface area contributed by atoms with Gasteiger partial charge in [-0.15, -0.1) is 0 Å². The standard InChI is InChI=1S/C19H33F3N4/c1-23-18(25-12-17(15-2-3-15)16-4-5-16)24-9-6-14-7-10-26(11-8-14)13-19(20,21)22/h14-17H,2-13H2,1H3,(H2,23,24,25). The molecule has 3 rings (SSSR count). The van der Waals surface area contributed by atoms with Crippen molar-refractivity contribution in [2.75, 3.05) is 39.8 Å². The van der Waals surface area contributed by atoms with Crippen LogP contribution in [0.5, 0.6) is 0 Å². The summed E-state index contributed by atoms with van der Waals surface area (Å²) in [6.45, 7) is 2.20. The third kappa shape index (κ3) is 6.63. The van der Waals surface area contributed by atoms with Crippen molar-refractivity contribution in [2.45, 2.75) is 51.1 Å². The molecule has 0 spiro atoms. The minimum absolute atomic E-state index is 0.510. The molecule has 0 amide bonds. The maximum absolute atomic E-state index is 12.4. The average molecular weight is 374 g/mol. The highest BCUT2D eigenvalue weighted by atomic mass is 19.4. The van der Waals surface area contributed by atoms with Gasteiger partial charge in [0, 0.05) is 20.1 Å². The molecule has 0 bridgehead atoms. The lowest BCUT2D eigenvalue weighted by atomic mass is 9.93. The average Bonchev–Trinajstić information content (AvgIpc) is 3.47. The minimum atomic E-state index is -4.08. The van der Waals surface area contributed by atoms with Crippen molar-refractivity contribution in [3.63, 3.8) is 0 Å². The first-order valence-corrected chi connectivity index (χ1v) is 10.2. The molecule has 2 N–H and O–H groups in total. The molecule has 7 heteroatoms. The number of halogens is 3. The lowest BCUT2D eigenvalue weighted by molar-refractivity contribution is -0.148. The predicted molar refractivity (Wildman–Crippen MR) is 98.1 cm³/mol. The first-order valence-electron chi connectivity index (χ1n) is 10.2. The van der Waals surface area contributed by atoms with Crippen molar-refractivity contribution >= 4 is 5.96 Å². The molecule has 3 fully saturated rings. The third-order valence-corrected chi connectivity index (χ3v) is 6.14. The van der Waals surface area contributed by atoms with Crippen molar-refractivity contribution in [2.24, 2.45) is 28.7 Å². The summed E-state index contributed by atoms with van der Waals surface area (Å²) in [4.78, 5) is 5.84. The van der Waals surface area contributed by atoms with E-state index in [1.165, 1.54) is 30.6 Å². The van der Waals surface area contributed by atoms with Crippen LogP contribution in [-0.2, 0) is 0 Å². The van der Waals surface area contributed by atoms with Gasteiger partial charge < -0.3 is 10.6 Å². The van der Waals surface area contributed by atoms with Gasteiger partial charge in [-0.25, -0.2) is 0 Å². The molecule has 0 atom stereocenters. The molecule has 150 valence electrons. The second kappa shape index (κ2) is 8.81. The van der Waals surface area contributed by atoms with Gasteiger partial charge in [-0.1, -0.05) is 0 Å². The summed E-state index contributed by atoms with van der Waals surface area (Å²) in [5.74, 6) is 4.04. The van der Waals surface area contributed by atoms with Crippen LogP contribution in [0.25, 0.3) is 0 Å². The number of likely N-dealkylation sites (tertiary alicyclic amines) is 1. The Morgan fingerprint density at radius 2 is 1.65 bits per heavy atom. The molecular weight excluding hydrogens is 341 g/mol. The quantitative estimate of drug-likeness (QED) is 0.506. The highest BCUT2D eigenvalue weighted by Crippen LogP contribution is 2.48. The first-order chi connectivity index (χ1) is 12.4. The normalized spacial score (nSPS) is 23.5. The van der Waals surface area contributed by atoms with E-state index < -0.39 is 12.7 Å². The summed E-state index contributed by atoms with van der Waals surface area (Å²) >= 11 is 0. The van der Waals surface area contributed by atoms with Gasteiger partial charge in [0.15, 0.2) is 5.96 Å². The Bertz CT molecular complexity index is 452. The van der Waals surface area contributed by atoms with Gasteiger partial charge in [0.25, 0.3) is 0 Å². The van der Waals surface area contributed by atoms with E-state index in [1.54, 1.807) is 7.05 Å². The number of nitrogens with one attached hydrogen (secondary N) is 2. The number of rotatable bonds is 8. The van der Waals surface area contributed by atoms with Crippen LogP contribution in [0.15, 0.2) is 4.99 Å². The fourth-order valence-corrected chi connectivity index (χ4v) is 4.28. The first kappa shape index (κ1) is 19.8. The summed E-state index contributed by atoms with van der Waals surface area (Å²) in [5, 5.41) is 6.87. The van der Waals surface area contributed by atoms with E-state index in [4.69, 9.17) is 0 Å². The van der Waals surface area contributed by atoms with Crippen molar-refractivity contribution in [3.05, 3.63) is 0 Å². The van der Waals surface area contributed by atoms with E-state index in [1.807, 2.05) is 0 Å². The second-order valence-corrected chi connectivity index (χ2v) is 8.34. The van der Waals surface area contributed by atoms with Crippen LogP contribution in [0.3, 0.4) is 0 Å². The molecule has 26 heavy (non-hydrogen) atoms. The zero-order valence-corrected chi connectivity index (χ0v) is 15.8. The van der Waals surface area contributed by atoms with E-state index >= 15 is 0 Å². The SMILES string of the molecule is CN=C(NCCC1CCN(CC(F)(F)F)CC1)NCC(C1CC1)C1CC1. The fourth-order valence-electron chi connectivity index (χ4n) is 4.28. The molecule has 0 aromatic rings. The number of aliphatic imine (C=N–C) groups is 1. The zero-order valence-electron chi connectivity index (χ0n) is 15.8. The molecule has 0 radical (unpaired) electrons. The molecule has 0 aromatic heterocycles. The van der Waals surface area contributed by atoms with Crippen LogP contribution < -0.4 is 10.6 Å². The number of piperidine rings is 1. The van der Waals surface area contributed by atoms with E-state index in [9.17, 15) is 13.2 Å². The highest BCUT2D eigenvalue weighted by molar-refractivity contribution is 5.79. The van der Waals surface area contributed by atoms with Gasteiger partial charge in [0.2, 0.25) is 0 Å². The van der Waals surface area contributed by atoms with Crippen LogP contribution in [0.4, 0.5) is 13.2 Å². The molecule has 1 heterocycles. The van der Waals surface area contributed by atoms with Gasteiger partial charge in [-0.2, -0.15) is 13.2 Å². The Kier molecular flexibility index (Phi) is 6.70. The van der Waals surface area contributed by atoms with Crippen molar-refractivity contribution in [1.29, 1.82) is 0 Å². The number of hydrogen-bond donors (Lipinski definition) is 2. The lowest BCUT2D eigenvalue weighted by Gasteiger charge is -2.32. The van der Waals surface area contributed by atoms with E-state index in [0.29, 0.717) is 19.0 Å². The lowest BCUT2D eigenvalue weighted by Crippen LogP contribution is -2.42. The van der Waals surface area contributed by atoms with Crippen molar-refractivity contribution in [3.8, 4) is 0 Å². The maximum atomic E-state index is 12.4. The Morgan fingerprint density at radius 3 is 2.15 bits per heavy atom. The molecule has 2 aliphatic carbocycles. The molecule has 4 nitrogen and oxygen atoms in total. The van der Waals surface area contributed by atoms with Crippen LogP contribution in [0.2, 0.25) is 0 Å². The number of hydrogen-bond acceptors (Lipinski definition) is 2. The number of nitrogens with zero attached hydrogens (tertiary/aromatic N) is 2. The fraction of sp³-hybridized carbons (Fsp3) is 0.947. The summed E-state index contributed by atoms with van der Waals surface area (Å²) < 4.78 is 37.3. The largest absolute Gasteiger partial charge is 0.401 e. The summed E-state index contributed by atoms with van der Waals surface area (Å²) in [6, 6.07) is 0. The van der Waals surface area contributed by atoms with Crippen molar-refractivity contribution in [1.82, 2.24) is 15.5 Å². The van der Waals surface area contributed by atoms with Gasteiger partial charge in [-0.05, 0) is 81.7 Å². The van der Waals surface area contributed by atoms with E-state index in [2.05, 4.69) is 15.6 Å². The third-order valence-electron chi connectivity index (χ3n) is 6.14. The summed E-state index contributed by atoms with van der Waals surface area (Å²) in [6.07, 6.45) is 4.19. The highest BCUT2D eigenvalue weighted by Gasteiger charge is 2.41. The summed E-state index contributed by atoms with van der Waals surface area (Å²) in [5.41, 5.74) is 0. The van der Waals surface area contributed by atoms with Crippen molar-refractivity contribution < 1.29 is 13.2 Å². The zero-order chi connectivity index (χ0) is 18.6. The van der Waals surface area contributed by atoms with E-state index in [0.717, 1.165) is 56.1 Å². The monoisotopic (exact) mass is 374 g/mol. The second-order valence-electron chi connectivity index (χ2n) is 8.34. The summed E-state index contributed by atoms with van der Waals surface area (Å²) in [7, 11) is 1.80. The van der Waals surface area contributed by atoms with Gasteiger partial charge in [0.1, 0.15) is 0 Å². The Morgan fingerprint density at radius 1 is 1.04 bits per heavy atom. The topological polar surface area (TPSA) is 39.7 Å². The van der Waals surface area contributed by atoms with Crippen LogP contribution in [-0.4, -0.2) is 56.8 Å². The van der Waals surface area contributed by atoms with Gasteiger partial charge in [-0.3, -0.25) is 9.89 Å². The maximum Gasteiger partial charge on any atom is 0.401 e. The molecule has 3 aliphatic rings. The number of alkyl halides is 3. The Hall–Kier alpha value is -0.980. The molecule has 1 aliphatic heterocycles. The number of guanidine groups is 1. The van der Waals surface area contributed by atoms with E-state index in [-0.39, 0.29) is 0 Å². The van der Waals surface area contributed by atoms with Crippen LogP contribution in [0, 0.1) is 23.7 Å². The smallest absolute Gasteiger partial charge is 0.356 e. The van der Waals surface area contributed by atoms with Crippen LogP contribution in [0.1, 0.15) is 44.9 Å². The van der Waals surface area contributed by atoms with Crippen LogP contribution >= 0.6 is 0 Å². The molecule has 0 aromatic carbocycles. The predicted octanol–water partition coefficient (Wildman–Crippen LogP) is 3.25. The minimum Gasteiger partial charge on any atom is -0.356 e. The molecular formula is C19H33F3N4. The molecule has 2 saturated carbocycles. The Balaban J connectivity index is 1.29. The van der Waals surface area contributed by atoms with Gasteiger partial charge in [0.05, 0.1) is 6.54 Å². The molecule has 1 saturated heterocycles. The Labute approximate surface area is 155 Å².